The second-order valence-electron chi connectivity index (χ2n) is 5.47. The number of fused-ring (bicyclic) bond motifs is 1. The Balaban J connectivity index is 2.10. The highest BCUT2D eigenvalue weighted by molar-refractivity contribution is 7.92. The predicted molar refractivity (Wildman–Crippen MR) is 90.7 cm³/mol. The first kappa shape index (κ1) is 15.3. The van der Waals surface area contributed by atoms with Crippen LogP contribution in [0.3, 0.4) is 0 Å². The number of benzene rings is 3. The number of aryl methyl sites for hydroxylation is 1. The molecular formula is C19H15NO2S. The Bertz CT molecular complexity index is 999. The third-order valence-corrected chi connectivity index (χ3v) is 5.78. The number of hydrogen-bond acceptors (Lipinski definition) is 3. The van der Waals surface area contributed by atoms with Crippen LogP contribution in [0.15, 0.2) is 71.6 Å². The highest BCUT2D eigenvalue weighted by atomic mass is 32.2. The molecule has 4 heteroatoms. The SMILES string of the molecule is Cc1ccc(S(=O)(=O)C(C#N)c2ccc3ccccc3c2)cc1. The molecule has 0 bridgehead atoms. The quantitative estimate of drug-likeness (QED) is 0.727. The molecule has 0 aliphatic rings. The lowest BCUT2D eigenvalue weighted by atomic mass is 10.1. The molecule has 0 aromatic heterocycles. The summed E-state index contributed by atoms with van der Waals surface area (Å²) in [4.78, 5) is 0.169. The number of nitriles is 1. The molecule has 0 saturated carbocycles. The van der Waals surface area contributed by atoms with Gasteiger partial charge in [-0.3, -0.25) is 0 Å². The topological polar surface area (TPSA) is 57.9 Å². The van der Waals surface area contributed by atoms with Crippen molar-refractivity contribution in [3.05, 3.63) is 77.9 Å². The molecule has 3 aromatic carbocycles. The molecule has 0 amide bonds. The lowest BCUT2D eigenvalue weighted by Crippen LogP contribution is -2.12. The summed E-state index contributed by atoms with van der Waals surface area (Å²) in [6, 6.07) is 21.5. The van der Waals surface area contributed by atoms with E-state index in [1.54, 1.807) is 36.4 Å². The fourth-order valence-corrected chi connectivity index (χ4v) is 3.99. The van der Waals surface area contributed by atoms with Crippen LogP contribution in [0.4, 0.5) is 0 Å². The lowest BCUT2D eigenvalue weighted by Gasteiger charge is -2.12. The summed E-state index contributed by atoms with van der Waals surface area (Å²) in [6.07, 6.45) is 0. The monoisotopic (exact) mass is 321 g/mol. The summed E-state index contributed by atoms with van der Waals surface area (Å²) < 4.78 is 25.6. The van der Waals surface area contributed by atoms with Gasteiger partial charge in [0.2, 0.25) is 0 Å². The number of rotatable bonds is 3. The zero-order valence-electron chi connectivity index (χ0n) is 12.6. The van der Waals surface area contributed by atoms with Crippen LogP contribution < -0.4 is 0 Å². The van der Waals surface area contributed by atoms with Gasteiger partial charge in [0.1, 0.15) is 0 Å². The second kappa shape index (κ2) is 5.86. The van der Waals surface area contributed by atoms with Gasteiger partial charge >= 0.3 is 0 Å². The maximum Gasteiger partial charge on any atom is 0.198 e. The van der Waals surface area contributed by atoms with E-state index in [4.69, 9.17) is 0 Å². The highest BCUT2D eigenvalue weighted by Gasteiger charge is 2.29. The van der Waals surface area contributed by atoms with Crippen molar-refractivity contribution in [2.45, 2.75) is 17.1 Å². The van der Waals surface area contributed by atoms with Crippen molar-refractivity contribution in [1.29, 1.82) is 5.26 Å². The van der Waals surface area contributed by atoms with Gasteiger partial charge in [0.25, 0.3) is 0 Å². The molecule has 1 atom stereocenters. The Kier molecular flexibility index (Phi) is 3.89. The van der Waals surface area contributed by atoms with Gasteiger partial charge in [-0.05, 0) is 41.5 Å². The van der Waals surface area contributed by atoms with Crippen LogP contribution in [0, 0.1) is 18.3 Å². The lowest BCUT2D eigenvalue weighted by molar-refractivity contribution is 0.591. The average Bonchev–Trinajstić information content (AvgIpc) is 2.55. The van der Waals surface area contributed by atoms with Crippen molar-refractivity contribution in [2.24, 2.45) is 0 Å². The first-order chi connectivity index (χ1) is 11.0. The Labute approximate surface area is 135 Å². The van der Waals surface area contributed by atoms with Crippen LogP contribution in [0.1, 0.15) is 16.4 Å². The van der Waals surface area contributed by atoms with Crippen LogP contribution in [0.2, 0.25) is 0 Å². The average molecular weight is 321 g/mol. The van der Waals surface area contributed by atoms with Gasteiger partial charge in [-0.2, -0.15) is 5.26 Å². The summed E-state index contributed by atoms with van der Waals surface area (Å²) in [6.45, 7) is 1.89. The molecule has 0 heterocycles. The summed E-state index contributed by atoms with van der Waals surface area (Å²) in [7, 11) is -3.75. The summed E-state index contributed by atoms with van der Waals surface area (Å²) in [5.41, 5.74) is 1.47. The second-order valence-corrected chi connectivity index (χ2v) is 7.51. The van der Waals surface area contributed by atoms with E-state index >= 15 is 0 Å². The molecule has 3 nitrogen and oxygen atoms in total. The molecule has 23 heavy (non-hydrogen) atoms. The van der Waals surface area contributed by atoms with Crippen molar-refractivity contribution >= 4 is 20.6 Å². The van der Waals surface area contributed by atoms with Crippen LogP contribution in [0.5, 0.6) is 0 Å². The summed E-state index contributed by atoms with van der Waals surface area (Å²) in [5.74, 6) is 0. The Hall–Kier alpha value is -2.64. The van der Waals surface area contributed by atoms with E-state index in [0.29, 0.717) is 5.56 Å². The molecule has 0 aliphatic heterocycles. The highest BCUT2D eigenvalue weighted by Crippen LogP contribution is 2.30. The molecule has 0 spiro atoms. The van der Waals surface area contributed by atoms with Gasteiger partial charge < -0.3 is 0 Å². The van der Waals surface area contributed by atoms with Crippen LogP contribution in [-0.2, 0) is 9.84 Å². The van der Waals surface area contributed by atoms with E-state index in [2.05, 4.69) is 0 Å². The Morgan fingerprint density at radius 2 is 1.57 bits per heavy atom. The van der Waals surface area contributed by atoms with Gasteiger partial charge in [0.05, 0.1) is 11.0 Å². The molecule has 3 aromatic rings. The van der Waals surface area contributed by atoms with Gasteiger partial charge in [-0.1, -0.05) is 54.1 Å². The smallest absolute Gasteiger partial charge is 0.198 e. The Morgan fingerprint density at radius 1 is 0.913 bits per heavy atom. The fourth-order valence-electron chi connectivity index (χ4n) is 2.56. The minimum Gasteiger partial charge on any atom is -0.222 e. The maximum atomic E-state index is 12.8. The Morgan fingerprint density at radius 3 is 2.22 bits per heavy atom. The van der Waals surface area contributed by atoms with Crippen molar-refractivity contribution in [1.82, 2.24) is 0 Å². The number of hydrogen-bond donors (Lipinski definition) is 0. The minimum atomic E-state index is -3.75. The van der Waals surface area contributed by atoms with E-state index in [0.717, 1.165) is 16.3 Å². The fraction of sp³-hybridized carbons (Fsp3) is 0.105. The number of sulfone groups is 1. The molecule has 3 rings (SSSR count). The predicted octanol–water partition coefficient (Wildman–Crippen LogP) is 4.19. The molecule has 0 saturated heterocycles. The molecule has 1 unspecified atom stereocenters. The third kappa shape index (κ3) is 2.84. The first-order valence-electron chi connectivity index (χ1n) is 7.21. The first-order valence-corrected chi connectivity index (χ1v) is 8.76. The van der Waals surface area contributed by atoms with Gasteiger partial charge in [0, 0.05) is 0 Å². The van der Waals surface area contributed by atoms with Crippen LogP contribution >= 0.6 is 0 Å². The van der Waals surface area contributed by atoms with E-state index in [-0.39, 0.29) is 4.90 Å². The zero-order chi connectivity index (χ0) is 16.4. The van der Waals surface area contributed by atoms with Crippen molar-refractivity contribution < 1.29 is 8.42 Å². The minimum absolute atomic E-state index is 0.169. The standard InChI is InChI=1S/C19H15NO2S/c1-14-6-10-18(11-7-14)23(21,22)19(13-20)17-9-8-15-4-2-3-5-16(15)12-17/h2-12,19H,1H3. The molecule has 0 aliphatic carbocycles. The normalized spacial score (nSPS) is 12.7. The van der Waals surface area contributed by atoms with Gasteiger partial charge in [-0.15, -0.1) is 0 Å². The van der Waals surface area contributed by atoms with Crippen LogP contribution in [0.25, 0.3) is 10.8 Å². The molecule has 0 radical (unpaired) electrons. The largest absolute Gasteiger partial charge is 0.222 e. The van der Waals surface area contributed by atoms with Crippen molar-refractivity contribution in [2.75, 3.05) is 0 Å². The van der Waals surface area contributed by atoms with E-state index in [1.807, 2.05) is 43.3 Å². The summed E-state index contributed by atoms with van der Waals surface area (Å²) >= 11 is 0. The molecule has 0 N–H and O–H groups in total. The molecule has 0 fully saturated rings. The third-order valence-electron chi connectivity index (χ3n) is 3.85. The van der Waals surface area contributed by atoms with E-state index in [9.17, 15) is 13.7 Å². The van der Waals surface area contributed by atoms with E-state index < -0.39 is 15.1 Å². The maximum absolute atomic E-state index is 12.8. The zero-order valence-corrected chi connectivity index (χ0v) is 13.4. The van der Waals surface area contributed by atoms with Crippen molar-refractivity contribution in [3.63, 3.8) is 0 Å². The molecular weight excluding hydrogens is 306 g/mol. The van der Waals surface area contributed by atoms with E-state index in [1.165, 1.54) is 0 Å². The van der Waals surface area contributed by atoms with Crippen LogP contribution in [-0.4, -0.2) is 8.42 Å². The van der Waals surface area contributed by atoms with Gasteiger partial charge in [-0.25, -0.2) is 8.42 Å². The van der Waals surface area contributed by atoms with Gasteiger partial charge in [0.15, 0.2) is 15.1 Å². The van der Waals surface area contributed by atoms with Crippen molar-refractivity contribution in [3.8, 4) is 6.07 Å². The molecule has 114 valence electrons. The summed E-state index contributed by atoms with van der Waals surface area (Å²) in [5, 5.41) is 10.2. The number of nitrogens with zero attached hydrogens (tertiary/aromatic N) is 1.